The summed E-state index contributed by atoms with van der Waals surface area (Å²) in [5, 5.41) is 4.51. The molecule has 3 aromatic rings. The van der Waals surface area contributed by atoms with Gasteiger partial charge >= 0.3 is 0 Å². The minimum atomic E-state index is -0.108. The molecule has 3 heterocycles. The van der Waals surface area contributed by atoms with Crippen LogP contribution < -0.4 is 0 Å². The molecule has 140 valence electrons. The molecule has 7 nitrogen and oxygen atoms in total. The van der Waals surface area contributed by atoms with Gasteiger partial charge in [-0.25, -0.2) is 0 Å². The van der Waals surface area contributed by atoms with Gasteiger partial charge in [0.2, 0.25) is 5.89 Å². The van der Waals surface area contributed by atoms with Crippen LogP contribution in [0.4, 0.5) is 0 Å². The molecule has 0 spiro atoms. The summed E-state index contributed by atoms with van der Waals surface area (Å²) in [4.78, 5) is 21.0. The minimum absolute atomic E-state index is 0.108. The standard InChI is InChI=1S/C19H19ClN4O3/c1-13-21-18(22-27-13)12-23-8-10-24(11-9-23)19(25)17-7-6-16(26-17)14-4-2-3-5-15(14)20/h2-7H,8-12H2,1H3. The van der Waals surface area contributed by atoms with E-state index >= 15 is 0 Å². The normalized spacial score (nSPS) is 15.3. The highest BCUT2D eigenvalue weighted by atomic mass is 35.5. The van der Waals surface area contributed by atoms with Gasteiger partial charge in [-0.05, 0) is 24.3 Å². The zero-order chi connectivity index (χ0) is 18.8. The van der Waals surface area contributed by atoms with E-state index in [1.807, 2.05) is 18.2 Å². The van der Waals surface area contributed by atoms with Gasteiger partial charge in [-0.15, -0.1) is 0 Å². The smallest absolute Gasteiger partial charge is 0.289 e. The first-order valence-corrected chi connectivity index (χ1v) is 9.13. The van der Waals surface area contributed by atoms with Crippen molar-refractivity contribution in [1.29, 1.82) is 0 Å². The van der Waals surface area contributed by atoms with Crippen molar-refractivity contribution in [3.63, 3.8) is 0 Å². The molecule has 1 aliphatic heterocycles. The second-order valence-corrected chi connectivity index (χ2v) is 6.85. The fourth-order valence-corrected chi connectivity index (χ4v) is 3.36. The number of halogens is 1. The highest BCUT2D eigenvalue weighted by Crippen LogP contribution is 2.29. The Morgan fingerprint density at radius 2 is 1.93 bits per heavy atom. The van der Waals surface area contributed by atoms with Crippen LogP contribution >= 0.6 is 11.6 Å². The molecule has 1 aliphatic rings. The van der Waals surface area contributed by atoms with Gasteiger partial charge in [-0.1, -0.05) is 28.9 Å². The van der Waals surface area contributed by atoms with Gasteiger partial charge in [-0.3, -0.25) is 9.69 Å². The van der Waals surface area contributed by atoms with Crippen LogP contribution in [-0.2, 0) is 6.54 Å². The molecule has 27 heavy (non-hydrogen) atoms. The molecule has 0 unspecified atom stereocenters. The third-order valence-electron chi connectivity index (χ3n) is 4.55. The zero-order valence-electron chi connectivity index (χ0n) is 14.9. The van der Waals surface area contributed by atoms with Gasteiger partial charge in [0, 0.05) is 38.7 Å². The van der Waals surface area contributed by atoms with Gasteiger partial charge in [0.05, 0.1) is 11.6 Å². The second kappa shape index (κ2) is 7.54. The van der Waals surface area contributed by atoms with Crippen LogP contribution in [0.1, 0.15) is 22.3 Å². The van der Waals surface area contributed by atoms with E-state index in [2.05, 4.69) is 15.0 Å². The molecular formula is C19H19ClN4O3. The first kappa shape index (κ1) is 17.8. The molecule has 4 rings (SSSR count). The summed E-state index contributed by atoms with van der Waals surface area (Å²) in [6.45, 7) is 5.13. The lowest BCUT2D eigenvalue weighted by atomic mass is 10.2. The van der Waals surface area contributed by atoms with Crippen molar-refractivity contribution >= 4 is 17.5 Å². The quantitative estimate of drug-likeness (QED) is 0.685. The summed E-state index contributed by atoms with van der Waals surface area (Å²) >= 11 is 6.20. The van der Waals surface area contributed by atoms with Crippen LogP contribution in [0.15, 0.2) is 45.3 Å². The van der Waals surface area contributed by atoms with Crippen LogP contribution in [0, 0.1) is 6.92 Å². The fourth-order valence-electron chi connectivity index (χ4n) is 3.13. The number of rotatable bonds is 4. The number of piperazine rings is 1. The second-order valence-electron chi connectivity index (χ2n) is 6.44. The number of nitrogens with zero attached hydrogens (tertiary/aromatic N) is 4. The molecule has 1 saturated heterocycles. The Labute approximate surface area is 161 Å². The van der Waals surface area contributed by atoms with E-state index in [1.165, 1.54) is 0 Å². The molecule has 8 heteroatoms. The van der Waals surface area contributed by atoms with Gasteiger partial charge in [0.25, 0.3) is 5.91 Å². The van der Waals surface area contributed by atoms with Crippen molar-refractivity contribution < 1.29 is 13.7 Å². The third kappa shape index (κ3) is 3.89. The monoisotopic (exact) mass is 386 g/mol. The number of amides is 1. The maximum absolute atomic E-state index is 12.7. The third-order valence-corrected chi connectivity index (χ3v) is 4.88. The minimum Gasteiger partial charge on any atom is -0.451 e. The van der Waals surface area contributed by atoms with Gasteiger partial charge in [0.1, 0.15) is 5.76 Å². The summed E-state index contributed by atoms with van der Waals surface area (Å²) in [5.41, 5.74) is 0.776. The Balaban J connectivity index is 1.38. The van der Waals surface area contributed by atoms with Crippen LogP contribution in [-0.4, -0.2) is 52.0 Å². The van der Waals surface area contributed by atoms with Crippen molar-refractivity contribution in [2.75, 3.05) is 26.2 Å². The number of carbonyl (C=O) groups is 1. The maximum Gasteiger partial charge on any atom is 0.289 e. The van der Waals surface area contributed by atoms with Crippen LogP contribution in [0.25, 0.3) is 11.3 Å². The van der Waals surface area contributed by atoms with Crippen molar-refractivity contribution in [2.45, 2.75) is 13.5 Å². The largest absolute Gasteiger partial charge is 0.451 e. The Hall–Kier alpha value is -2.64. The van der Waals surface area contributed by atoms with Gasteiger partial charge < -0.3 is 13.8 Å². The van der Waals surface area contributed by atoms with Crippen LogP contribution in [0.5, 0.6) is 0 Å². The summed E-state index contributed by atoms with van der Waals surface area (Å²) in [7, 11) is 0. The average molecular weight is 387 g/mol. The van der Waals surface area contributed by atoms with Crippen LogP contribution in [0.3, 0.4) is 0 Å². The average Bonchev–Trinajstić information content (AvgIpc) is 3.31. The van der Waals surface area contributed by atoms with E-state index in [0.717, 1.165) is 18.7 Å². The molecule has 0 atom stereocenters. The Bertz CT molecular complexity index is 944. The number of hydrogen-bond donors (Lipinski definition) is 0. The van der Waals surface area contributed by atoms with E-state index in [9.17, 15) is 4.79 Å². The van der Waals surface area contributed by atoms with Gasteiger partial charge in [0.15, 0.2) is 11.6 Å². The van der Waals surface area contributed by atoms with Crippen LogP contribution in [0.2, 0.25) is 5.02 Å². The lowest BCUT2D eigenvalue weighted by Crippen LogP contribution is -2.48. The number of carbonyl (C=O) groups excluding carboxylic acids is 1. The Kier molecular flexibility index (Phi) is 4.96. The molecule has 1 aromatic carbocycles. The summed E-state index contributed by atoms with van der Waals surface area (Å²) in [6.07, 6.45) is 0. The summed E-state index contributed by atoms with van der Waals surface area (Å²) in [5.74, 6) is 2.04. The molecule has 0 aliphatic carbocycles. The van der Waals surface area contributed by atoms with E-state index in [-0.39, 0.29) is 5.91 Å². The zero-order valence-corrected chi connectivity index (χ0v) is 15.6. The number of benzene rings is 1. The predicted molar refractivity (Wildman–Crippen MR) is 99.4 cm³/mol. The van der Waals surface area contributed by atoms with E-state index in [0.29, 0.717) is 47.9 Å². The first-order valence-electron chi connectivity index (χ1n) is 8.76. The van der Waals surface area contributed by atoms with Crippen molar-refractivity contribution in [2.24, 2.45) is 0 Å². The van der Waals surface area contributed by atoms with Crippen molar-refractivity contribution in [1.82, 2.24) is 19.9 Å². The van der Waals surface area contributed by atoms with E-state index < -0.39 is 0 Å². The molecule has 1 fully saturated rings. The van der Waals surface area contributed by atoms with E-state index in [4.69, 9.17) is 20.5 Å². The number of aromatic nitrogens is 2. The highest BCUT2D eigenvalue weighted by molar-refractivity contribution is 6.33. The van der Waals surface area contributed by atoms with Crippen molar-refractivity contribution in [3.05, 3.63) is 58.9 Å². The lowest BCUT2D eigenvalue weighted by Gasteiger charge is -2.33. The van der Waals surface area contributed by atoms with Crippen molar-refractivity contribution in [3.8, 4) is 11.3 Å². The molecular weight excluding hydrogens is 368 g/mol. The Morgan fingerprint density at radius 3 is 2.63 bits per heavy atom. The molecule has 2 aromatic heterocycles. The number of aryl methyl sites for hydroxylation is 1. The van der Waals surface area contributed by atoms with Gasteiger partial charge in [-0.2, -0.15) is 4.98 Å². The molecule has 1 amide bonds. The fraction of sp³-hybridized carbons (Fsp3) is 0.316. The number of hydrogen-bond acceptors (Lipinski definition) is 6. The maximum atomic E-state index is 12.7. The van der Waals surface area contributed by atoms with E-state index in [1.54, 1.807) is 30.0 Å². The topological polar surface area (TPSA) is 75.6 Å². The Morgan fingerprint density at radius 1 is 1.15 bits per heavy atom. The summed E-state index contributed by atoms with van der Waals surface area (Å²) < 4.78 is 10.8. The molecule has 0 N–H and O–H groups in total. The molecule has 0 bridgehead atoms. The first-order chi connectivity index (χ1) is 13.1. The number of furan rings is 1. The molecule has 0 saturated carbocycles. The summed E-state index contributed by atoms with van der Waals surface area (Å²) in [6, 6.07) is 10.9. The lowest BCUT2D eigenvalue weighted by molar-refractivity contribution is 0.0595. The molecule has 0 radical (unpaired) electrons. The highest BCUT2D eigenvalue weighted by Gasteiger charge is 2.25. The predicted octanol–water partition coefficient (Wildman–Crippen LogP) is 3.25. The SMILES string of the molecule is Cc1nc(CN2CCN(C(=O)c3ccc(-c4ccccc4Cl)o3)CC2)no1.